The van der Waals surface area contributed by atoms with Gasteiger partial charge in [-0.3, -0.25) is 9.59 Å². The number of methoxy groups -OCH3 is 2. The van der Waals surface area contributed by atoms with E-state index in [1.54, 1.807) is 19.1 Å². The fraction of sp³-hybridized carbons (Fsp3) is 0.467. The first-order chi connectivity index (χ1) is 18.1. The predicted molar refractivity (Wildman–Crippen MR) is 148 cm³/mol. The van der Waals surface area contributed by atoms with Crippen LogP contribution in [0.2, 0.25) is 0 Å². The molecule has 3 aromatic rings. The van der Waals surface area contributed by atoms with Crippen molar-refractivity contribution < 1.29 is 19.1 Å². The van der Waals surface area contributed by atoms with Gasteiger partial charge < -0.3 is 24.3 Å². The molecule has 0 spiro atoms. The van der Waals surface area contributed by atoms with Crippen LogP contribution in [0.3, 0.4) is 0 Å². The van der Waals surface area contributed by atoms with Crippen LogP contribution in [-0.2, 0) is 27.3 Å². The zero-order valence-corrected chi connectivity index (χ0v) is 22.5. The molecule has 1 aromatic heterocycles. The highest BCUT2D eigenvalue weighted by molar-refractivity contribution is 5.85. The van der Waals surface area contributed by atoms with E-state index in [0.29, 0.717) is 39.1 Å². The molecule has 0 unspecified atom stereocenters. The molecule has 3 rings (SSSR count). The minimum atomic E-state index is -0.0799. The number of para-hydroxylation sites is 2. The van der Waals surface area contributed by atoms with E-state index in [1.165, 1.54) is 0 Å². The number of amides is 2. The Balaban J connectivity index is 1.76. The number of H-pyrrole nitrogens is 1. The van der Waals surface area contributed by atoms with Crippen molar-refractivity contribution in [2.45, 2.75) is 52.0 Å². The molecule has 7 heteroatoms. The van der Waals surface area contributed by atoms with Crippen LogP contribution in [-0.4, -0.2) is 67.1 Å². The van der Waals surface area contributed by atoms with Crippen LogP contribution in [0.5, 0.6) is 5.75 Å². The fourth-order valence-electron chi connectivity index (χ4n) is 4.54. The Morgan fingerprint density at radius 1 is 0.865 bits per heavy atom. The van der Waals surface area contributed by atoms with Crippen LogP contribution in [0, 0.1) is 0 Å². The van der Waals surface area contributed by atoms with Crippen molar-refractivity contribution in [2.75, 3.05) is 40.5 Å². The highest BCUT2D eigenvalue weighted by atomic mass is 16.5. The lowest BCUT2D eigenvalue weighted by Crippen LogP contribution is -2.44. The molecule has 200 valence electrons. The summed E-state index contributed by atoms with van der Waals surface area (Å²) in [6, 6.07) is 15.9. The lowest BCUT2D eigenvalue weighted by atomic mass is 10.1. The largest absolute Gasteiger partial charge is 0.496 e. The van der Waals surface area contributed by atoms with E-state index in [0.717, 1.165) is 53.5 Å². The van der Waals surface area contributed by atoms with Gasteiger partial charge in [-0.15, -0.1) is 0 Å². The Morgan fingerprint density at radius 2 is 1.65 bits per heavy atom. The van der Waals surface area contributed by atoms with Crippen molar-refractivity contribution in [1.29, 1.82) is 0 Å². The number of nitrogens with zero attached hydrogens (tertiary/aromatic N) is 2. The van der Waals surface area contributed by atoms with Crippen molar-refractivity contribution in [3.05, 3.63) is 65.9 Å². The number of rotatable bonds is 16. The number of unbranched alkanes of at least 4 members (excludes halogenated alkanes) is 3. The summed E-state index contributed by atoms with van der Waals surface area (Å²) in [4.78, 5) is 33.5. The minimum absolute atomic E-state index is 0.00960. The van der Waals surface area contributed by atoms with Crippen LogP contribution in [0.25, 0.3) is 10.9 Å². The standard InChI is InChI=1S/C30H41N3O4/c1-4-5-6-7-16-29(34)33(19-20-36-2)23-30(35)32(22-25-12-8-11-15-28(25)37-3)18-17-24-21-31-27-14-10-9-13-26(24)27/h8-15,21,31H,4-7,16-20,22-23H2,1-3H3. The molecule has 0 aliphatic heterocycles. The second-order valence-corrected chi connectivity index (χ2v) is 9.36. The maximum Gasteiger partial charge on any atom is 0.242 e. The number of hydrogen-bond acceptors (Lipinski definition) is 4. The lowest BCUT2D eigenvalue weighted by molar-refractivity contribution is -0.141. The van der Waals surface area contributed by atoms with Crippen molar-refractivity contribution in [3.63, 3.8) is 0 Å². The molecule has 0 bridgehead atoms. The Kier molecular flexibility index (Phi) is 11.5. The normalized spacial score (nSPS) is 11.0. The summed E-state index contributed by atoms with van der Waals surface area (Å²) in [5.74, 6) is 0.676. The van der Waals surface area contributed by atoms with Gasteiger partial charge in [0.05, 0.1) is 20.3 Å². The second-order valence-electron chi connectivity index (χ2n) is 9.36. The van der Waals surface area contributed by atoms with E-state index >= 15 is 0 Å². The maximum atomic E-state index is 13.7. The van der Waals surface area contributed by atoms with E-state index < -0.39 is 0 Å². The van der Waals surface area contributed by atoms with E-state index in [1.807, 2.05) is 47.5 Å². The number of ether oxygens (including phenoxy) is 2. The van der Waals surface area contributed by atoms with Gasteiger partial charge in [0.1, 0.15) is 5.75 Å². The number of aromatic amines is 1. The number of fused-ring (bicyclic) bond motifs is 1. The SMILES string of the molecule is CCCCCCC(=O)N(CCOC)CC(=O)N(CCc1c[nH]c2ccccc12)Cc1ccccc1OC. The first-order valence-electron chi connectivity index (χ1n) is 13.3. The summed E-state index contributed by atoms with van der Waals surface area (Å²) in [6.07, 6.45) is 7.28. The Bertz CT molecular complexity index is 1130. The maximum absolute atomic E-state index is 13.7. The van der Waals surface area contributed by atoms with Gasteiger partial charge in [-0.1, -0.05) is 62.6 Å². The average Bonchev–Trinajstić information content (AvgIpc) is 3.34. The van der Waals surface area contributed by atoms with Crippen LogP contribution < -0.4 is 4.74 Å². The van der Waals surface area contributed by atoms with Gasteiger partial charge in [-0.25, -0.2) is 0 Å². The third-order valence-corrected chi connectivity index (χ3v) is 6.72. The molecule has 0 saturated heterocycles. The molecule has 0 aliphatic carbocycles. The third kappa shape index (κ3) is 8.35. The van der Waals surface area contributed by atoms with Gasteiger partial charge in [0.2, 0.25) is 11.8 Å². The predicted octanol–water partition coefficient (Wildman–Crippen LogP) is 5.19. The molecule has 2 aromatic carbocycles. The molecule has 2 amide bonds. The highest BCUT2D eigenvalue weighted by Crippen LogP contribution is 2.22. The molecule has 0 radical (unpaired) electrons. The van der Waals surface area contributed by atoms with Crippen LogP contribution >= 0.6 is 0 Å². The monoisotopic (exact) mass is 507 g/mol. The van der Waals surface area contributed by atoms with Crippen molar-refractivity contribution in [3.8, 4) is 5.75 Å². The van der Waals surface area contributed by atoms with E-state index in [-0.39, 0.29) is 18.4 Å². The lowest BCUT2D eigenvalue weighted by Gasteiger charge is -2.28. The van der Waals surface area contributed by atoms with Crippen LogP contribution in [0.4, 0.5) is 0 Å². The molecule has 0 atom stereocenters. The highest BCUT2D eigenvalue weighted by Gasteiger charge is 2.22. The number of aromatic nitrogens is 1. The van der Waals surface area contributed by atoms with Gasteiger partial charge in [-0.2, -0.15) is 0 Å². The van der Waals surface area contributed by atoms with Crippen molar-refractivity contribution >= 4 is 22.7 Å². The van der Waals surface area contributed by atoms with Gasteiger partial charge in [-0.05, 0) is 30.5 Å². The van der Waals surface area contributed by atoms with Gasteiger partial charge in [0.25, 0.3) is 0 Å². The smallest absolute Gasteiger partial charge is 0.242 e. The van der Waals surface area contributed by atoms with Crippen LogP contribution in [0.1, 0.15) is 50.2 Å². The molecule has 0 fully saturated rings. The molecule has 37 heavy (non-hydrogen) atoms. The molecule has 0 saturated carbocycles. The molecule has 0 aliphatic rings. The fourth-order valence-corrected chi connectivity index (χ4v) is 4.54. The minimum Gasteiger partial charge on any atom is -0.496 e. The summed E-state index contributed by atoms with van der Waals surface area (Å²) < 4.78 is 10.8. The zero-order valence-electron chi connectivity index (χ0n) is 22.5. The summed E-state index contributed by atoms with van der Waals surface area (Å²) >= 11 is 0. The Morgan fingerprint density at radius 3 is 2.43 bits per heavy atom. The number of carbonyl (C=O) groups is 2. The molecule has 1 heterocycles. The number of hydrogen-bond donors (Lipinski definition) is 1. The van der Waals surface area contributed by atoms with E-state index in [4.69, 9.17) is 9.47 Å². The first kappa shape index (κ1) is 28.3. The third-order valence-electron chi connectivity index (χ3n) is 6.72. The van der Waals surface area contributed by atoms with Crippen molar-refractivity contribution in [1.82, 2.24) is 14.8 Å². The van der Waals surface area contributed by atoms with Crippen LogP contribution in [0.15, 0.2) is 54.7 Å². The summed E-state index contributed by atoms with van der Waals surface area (Å²) in [5, 5.41) is 1.16. The second kappa shape index (κ2) is 15.1. The Hall–Kier alpha value is -3.32. The topological polar surface area (TPSA) is 74.9 Å². The summed E-state index contributed by atoms with van der Waals surface area (Å²) in [6.45, 7) is 3.93. The molecular weight excluding hydrogens is 466 g/mol. The number of benzene rings is 2. The molecule has 7 nitrogen and oxygen atoms in total. The summed E-state index contributed by atoms with van der Waals surface area (Å²) in [5.41, 5.74) is 3.18. The average molecular weight is 508 g/mol. The van der Waals surface area contributed by atoms with Crippen molar-refractivity contribution in [2.24, 2.45) is 0 Å². The molecule has 1 N–H and O–H groups in total. The van der Waals surface area contributed by atoms with E-state index in [2.05, 4.69) is 24.0 Å². The Labute approximate surface area is 220 Å². The van der Waals surface area contributed by atoms with Gasteiger partial charge in [0.15, 0.2) is 0 Å². The first-order valence-corrected chi connectivity index (χ1v) is 13.3. The quantitative estimate of drug-likeness (QED) is 0.271. The van der Waals surface area contributed by atoms with Gasteiger partial charge >= 0.3 is 0 Å². The van der Waals surface area contributed by atoms with Gasteiger partial charge in [0, 0.05) is 55.8 Å². The zero-order chi connectivity index (χ0) is 26.5. The number of carbonyl (C=O) groups excluding carboxylic acids is 2. The number of nitrogens with one attached hydrogen (secondary N) is 1. The summed E-state index contributed by atoms with van der Waals surface area (Å²) in [7, 11) is 3.25. The molecular formula is C30H41N3O4. The van der Waals surface area contributed by atoms with E-state index in [9.17, 15) is 9.59 Å².